The second-order valence-corrected chi connectivity index (χ2v) is 7.48. The average Bonchev–Trinajstić information content (AvgIpc) is 2.44. The average molecular weight is 418 g/mol. The highest BCUT2D eigenvalue weighted by molar-refractivity contribution is 6.69. The minimum Gasteiger partial charge on any atom is -0.501 e. The lowest BCUT2D eigenvalue weighted by Gasteiger charge is -2.22. The lowest BCUT2D eigenvalue weighted by molar-refractivity contribution is -0.135. The van der Waals surface area contributed by atoms with Gasteiger partial charge in [0.05, 0.1) is 11.0 Å². The Balaban J connectivity index is 3.15. The smallest absolute Gasteiger partial charge is 0.372 e. The zero-order valence-corrected chi connectivity index (χ0v) is 14.9. The second kappa shape index (κ2) is 8.27. The van der Waals surface area contributed by atoms with Crippen LogP contribution < -0.4 is 0 Å². The van der Waals surface area contributed by atoms with E-state index in [-0.39, 0.29) is 0 Å². The Morgan fingerprint density at radius 2 is 1.57 bits per heavy atom. The maximum absolute atomic E-state index is 12.3. The van der Waals surface area contributed by atoms with Crippen molar-refractivity contribution in [3.63, 3.8) is 0 Å². The highest BCUT2D eigenvalue weighted by atomic mass is 35.6. The largest absolute Gasteiger partial charge is 0.501 e. The molecule has 2 N–H and O–H groups in total. The number of alkyl halides is 3. The third-order valence-electron chi connectivity index (χ3n) is 2.64. The third kappa shape index (κ3) is 5.90. The summed E-state index contributed by atoms with van der Waals surface area (Å²) < 4.78 is -1.96. The molecular formula is C14H9Cl5O4. The number of halogens is 5. The summed E-state index contributed by atoms with van der Waals surface area (Å²) in [7, 11) is 0. The zero-order chi connectivity index (χ0) is 17.8. The van der Waals surface area contributed by atoms with E-state index in [4.69, 9.17) is 68.2 Å². The molecule has 1 aromatic rings. The molecule has 0 saturated carbocycles. The Labute approximate surface area is 156 Å². The van der Waals surface area contributed by atoms with Crippen molar-refractivity contribution in [1.29, 1.82) is 0 Å². The van der Waals surface area contributed by atoms with E-state index in [1.165, 1.54) is 24.3 Å². The molecule has 4 nitrogen and oxygen atoms in total. The fraction of sp³-hybridized carbons (Fsp3) is 0.143. The molecule has 23 heavy (non-hydrogen) atoms. The first-order valence-corrected chi connectivity index (χ1v) is 7.79. The predicted molar refractivity (Wildman–Crippen MR) is 91.8 cm³/mol. The monoisotopic (exact) mass is 416 g/mol. The first-order chi connectivity index (χ1) is 10.5. The van der Waals surface area contributed by atoms with E-state index in [1.54, 1.807) is 0 Å². The normalized spacial score (nSPS) is 14.5. The van der Waals surface area contributed by atoms with Crippen molar-refractivity contribution in [2.45, 2.75) is 9.71 Å². The van der Waals surface area contributed by atoms with Crippen molar-refractivity contribution in [1.82, 2.24) is 0 Å². The fourth-order valence-corrected chi connectivity index (χ4v) is 2.57. The van der Waals surface area contributed by atoms with Gasteiger partial charge in [0.15, 0.2) is 5.78 Å². The van der Waals surface area contributed by atoms with Crippen molar-refractivity contribution >= 4 is 69.8 Å². The number of benzene rings is 1. The number of allylic oxidation sites excluding steroid dienone is 3. The topological polar surface area (TPSA) is 74.6 Å². The van der Waals surface area contributed by atoms with Crippen LogP contribution in [0, 0.1) is 0 Å². The number of carbonyl (C=O) groups is 2. The van der Waals surface area contributed by atoms with Crippen molar-refractivity contribution in [2.24, 2.45) is 0 Å². The van der Waals surface area contributed by atoms with E-state index in [1.807, 2.05) is 0 Å². The maximum Gasteiger partial charge on any atom is 0.372 e. The molecule has 0 radical (unpaired) electrons. The molecule has 1 aromatic carbocycles. The van der Waals surface area contributed by atoms with Gasteiger partial charge in [0, 0.05) is 5.02 Å². The van der Waals surface area contributed by atoms with Gasteiger partial charge in [-0.3, -0.25) is 4.79 Å². The van der Waals surface area contributed by atoms with Crippen LogP contribution in [0.5, 0.6) is 0 Å². The summed E-state index contributed by atoms with van der Waals surface area (Å²) >= 11 is 28.9. The highest BCUT2D eigenvalue weighted by Crippen LogP contribution is 2.42. The molecule has 0 heterocycles. The molecule has 0 spiro atoms. The number of hydrogen-bond donors (Lipinski definition) is 2. The fourth-order valence-electron chi connectivity index (χ4n) is 1.60. The molecule has 0 aromatic heterocycles. The van der Waals surface area contributed by atoms with Crippen molar-refractivity contribution in [3.05, 3.63) is 57.8 Å². The number of hydrogen-bond acceptors (Lipinski definition) is 3. The van der Waals surface area contributed by atoms with Crippen LogP contribution in [0.3, 0.4) is 0 Å². The van der Waals surface area contributed by atoms with E-state index in [0.717, 1.165) is 12.2 Å². The predicted octanol–water partition coefficient (Wildman–Crippen LogP) is 5.01. The van der Waals surface area contributed by atoms with Crippen LogP contribution in [-0.4, -0.2) is 25.8 Å². The Morgan fingerprint density at radius 1 is 1.04 bits per heavy atom. The summed E-state index contributed by atoms with van der Waals surface area (Å²) in [5.41, 5.74) is 0.395. The molecule has 124 valence electrons. The Morgan fingerprint density at radius 3 is 2.00 bits per heavy atom. The molecule has 0 amide bonds. The lowest BCUT2D eigenvalue weighted by atomic mass is 9.95. The molecule has 0 fully saturated rings. The first-order valence-electron chi connectivity index (χ1n) is 5.90. The van der Waals surface area contributed by atoms with Gasteiger partial charge in [-0.15, -0.1) is 0 Å². The molecule has 1 atom stereocenters. The van der Waals surface area contributed by atoms with Crippen LogP contribution in [0.4, 0.5) is 0 Å². The zero-order valence-electron chi connectivity index (χ0n) is 11.1. The van der Waals surface area contributed by atoms with Gasteiger partial charge in [-0.05, 0) is 29.8 Å². The van der Waals surface area contributed by atoms with Crippen LogP contribution in [0.1, 0.15) is 11.5 Å². The van der Waals surface area contributed by atoms with Crippen LogP contribution in [-0.2, 0) is 9.59 Å². The van der Waals surface area contributed by atoms with Crippen LogP contribution in [0.15, 0.2) is 47.2 Å². The number of rotatable bonds is 5. The number of carbonyl (C=O) groups excluding carboxylic acids is 1. The van der Waals surface area contributed by atoms with E-state index < -0.39 is 32.3 Å². The van der Waals surface area contributed by atoms with Gasteiger partial charge in [0.1, 0.15) is 0 Å². The quantitative estimate of drug-likeness (QED) is 0.305. The summed E-state index contributed by atoms with van der Waals surface area (Å²) in [5.74, 6) is -4.56. The SMILES string of the molecule is O=C(O)/C(O)=C(Cl)/C=C\C(=O)C(c1ccc(Cl)cc1)C(Cl)(Cl)Cl. The first kappa shape index (κ1) is 20.1. The molecule has 0 aliphatic carbocycles. The minimum atomic E-state index is -1.96. The molecule has 0 aliphatic rings. The summed E-state index contributed by atoms with van der Waals surface area (Å²) in [5, 5.41) is 17.6. The van der Waals surface area contributed by atoms with Gasteiger partial charge in [-0.1, -0.05) is 70.1 Å². The number of aliphatic carboxylic acids is 1. The van der Waals surface area contributed by atoms with Gasteiger partial charge in [-0.25, -0.2) is 4.79 Å². The summed E-state index contributed by atoms with van der Waals surface area (Å²) in [6, 6.07) is 6.10. The van der Waals surface area contributed by atoms with Gasteiger partial charge < -0.3 is 10.2 Å². The van der Waals surface area contributed by atoms with E-state index in [9.17, 15) is 9.59 Å². The number of carboxylic acids is 1. The number of ketones is 1. The lowest BCUT2D eigenvalue weighted by Crippen LogP contribution is -2.24. The molecule has 0 aliphatic heterocycles. The molecular weight excluding hydrogens is 409 g/mol. The van der Waals surface area contributed by atoms with Crippen LogP contribution in [0.25, 0.3) is 0 Å². The summed E-state index contributed by atoms with van der Waals surface area (Å²) in [6.07, 6.45) is 1.83. The third-order valence-corrected chi connectivity index (χ3v) is 3.85. The Kier molecular flexibility index (Phi) is 7.24. The minimum absolute atomic E-state index is 0.395. The van der Waals surface area contributed by atoms with Crippen molar-refractivity contribution in [3.8, 4) is 0 Å². The summed E-state index contributed by atoms with van der Waals surface area (Å²) in [6.45, 7) is 0. The molecule has 1 unspecified atom stereocenters. The second-order valence-electron chi connectivity index (χ2n) is 4.26. The van der Waals surface area contributed by atoms with Gasteiger partial charge in [0.2, 0.25) is 9.55 Å². The Bertz CT molecular complexity index is 659. The standard InChI is InChI=1S/C14H9Cl5O4/c15-8-3-1-7(2-4-8)11(14(17,18)19)10(20)6-5-9(16)12(21)13(22)23/h1-6,11,21H,(H,22,23)/b6-5-,12-9+. The Hall–Kier alpha value is -0.910. The van der Waals surface area contributed by atoms with E-state index >= 15 is 0 Å². The van der Waals surface area contributed by atoms with Gasteiger partial charge >= 0.3 is 5.97 Å². The number of aliphatic hydroxyl groups excluding tert-OH is 1. The van der Waals surface area contributed by atoms with Crippen molar-refractivity contribution < 1.29 is 19.8 Å². The van der Waals surface area contributed by atoms with Gasteiger partial charge in [0.25, 0.3) is 0 Å². The number of carboxylic acid groups (broad SMARTS) is 1. The molecule has 9 heteroatoms. The van der Waals surface area contributed by atoms with Gasteiger partial charge in [-0.2, -0.15) is 0 Å². The molecule has 1 rings (SSSR count). The molecule has 0 bridgehead atoms. The van der Waals surface area contributed by atoms with Crippen LogP contribution >= 0.6 is 58.0 Å². The number of aliphatic hydroxyl groups is 1. The van der Waals surface area contributed by atoms with Crippen molar-refractivity contribution in [2.75, 3.05) is 0 Å². The summed E-state index contributed by atoms with van der Waals surface area (Å²) in [4.78, 5) is 22.8. The van der Waals surface area contributed by atoms with E-state index in [0.29, 0.717) is 10.6 Å². The van der Waals surface area contributed by atoms with E-state index in [2.05, 4.69) is 0 Å². The van der Waals surface area contributed by atoms with Crippen LogP contribution in [0.2, 0.25) is 5.02 Å². The maximum atomic E-state index is 12.3. The molecule has 0 saturated heterocycles. The highest BCUT2D eigenvalue weighted by Gasteiger charge is 2.38.